The average molecular weight is 560 g/mol. The van der Waals surface area contributed by atoms with Gasteiger partial charge in [-0.1, -0.05) is 85.8 Å². The highest BCUT2D eigenvalue weighted by Crippen LogP contribution is 2.42. The Morgan fingerprint density at radius 1 is 0.854 bits per heavy atom. The molecule has 4 N–H and O–H groups in total. The minimum absolute atomic E-state index is 0.00309. The van der Waals surface area contributed by atoms with Crippen LogP contribution in [0.25, 0.3) is 0 Å². The molecule has 41 heavy (non-hydrogen) atoms. The van der Waals surface area contributed by atoms with Crippen molar-refractivity contribution in [3.05, 3.63) is 107 Å². The molecule has 0 aromatic heterocycles. The van der Waals surface area contributed by atoms with Crippen LogP contribution in [0, 0.1) is 5.92 Å². The molecule has 2 fully saturated rings. The summed E-state index contributed by atoms with van der Waals surface area (Å²) in [5.74, 6) is 0.0871. The number of likely N-dealkylation sites (tertiary alicyclic amines) is 1. The van der Waals surface area contributed by atoms with E-state index in [1.54, 1.807) is 0 Å². The molecular formula is C33H41N3O5. The number of hydrogen-bond acceptors (Lipinski definition) is 6. The number of ether oxygens (including phenoxy) is 2. The van der Waals surface area contributed by atoms with Crippen LogP contribution >= 0.6 is 0 Å². The normalized spacial score (nSPS) is 24.7. The topological polar surface area (TPSA) is 103 Å². The fourth-order valence-corrected chi connectivity index (χ4v) is 5.72. The quantitative estimate of drug-likeness (QED) is 0.293. The molecule has 2 heterocycles. The Morgan fingerprint density at radius 3 is 2.15 bits per heavy atom. The van der Waals surface area contributed by atoms with Gasteiger partial charge in [-0.3, -0.25) is 4.90 Å². The van der Waals surface area contributed by atoms with Gasteiger partial charge in [-0.25, -0.2) is 4.79 Å². The molecule has 0 bridgehead atoms. The van der Waals surface area contributed by atoms with Crippen molar-refractivity contribution >= 4 is 6.03 Å². The fraction of sp³-hybridized carbons (Fsp3) is 0.424. The number of aliphatic hydroxyl groups excluding tert-OH is 2. The number of nitrogens with zero attached hydrogens (tertiary/aromatic N) is 1. The smallest absolute Gasteiger partial charge is 0.315 e. The van der Waals surface area contributed by atoms with E-state index in [1.165, 1.54) is 0 Å². The van der Waals surface area contributed by atoms with Crippen LogP contribution in [0.3, 0.4) is 0 Å². The number of urea groups is 1. The van der Waals surface area contributed by atoms with E-state index in [9.17, 15) is 15.0 Å². The number of aliphatic hydroxyl groups is 2. The number of nitrogens with one attached hydrogen (secondary N) is 2. The molecule has 2 aliphatic heterocycles. The largest absolute Gasteiger partial charge is 0.395 e. The molecule has 2 aliphatic rings. The summed E-state index contributed by atoms with van der Waals surface area (Å²) in [6.45, 7) is 4.90. The van der Waals surface area contributed by atoms with Crippen molar-refractivity contribution in [2.24, 2.45) is 5.92 Å². The number of rotatable bonds is 10. The van der Waals surface area contributed by atoms with Gasteiger partial charge in [0.25, 0.3) is 0 Å². The molecule has 0 saturated carbocycles. The van der Waals surface area contributed by atoms with Crippen LogP contribution in [0.15, 0.2) is 78.9 Å². The summed E-state index contributed by atoms with van der Waals surface area (Å²) in [5, 5.41) is 25.2. The highest BCUT2D eigenvalue weighted by molar-refractivity contribution is 5.73. The van der Waals surface area contributed by atoms with Gasteiger partial charge in [0.1, 0.15) is 0 Å². The van der Waals surface area contributed by atoms with Gasteiger partial charge in [-0.05, 0) is 41.6 Å². The van der Waals surface area contributed by atoms with Crippen molar-refractivity contribution in [1.82, 2.24) is 15.5 Å². The predicted molar refractivity (Wildman–Crippen MR) is 157 cm³/mol. The number of hydrogen-bond donors (Lipinski definition) is 4. The Labute approximate surface area is 242 Å². The van der Waals surface area contributed by atoms with Crippen molar-refractivity contribution in [2.75, 3.05) is 19.7 Å². The van der Waals surface area contributed by atoms with Crippen LogP contribution in [-0.4, -0.2) is 53.0 Å². The highest BCUT2D eigenvalue weighted by atomic mass is 16.7. The number of carbonyl (C=O) groups is 1. The SMILES string of the molecule is C[C@H]1[C@@H](CN2CCC[C@H]2CO)O[C@@H](c2ccc(CNC(=O)NCc3ccccc3)cc2)O[C@H]1c1ccc(CO)cc1. The third kappa shape index (κ3) is 7.52. The van der Waals surface area contributed by atoms with E-state index in [0.29, 0.717) is 13.1 Å². The minimum Gasteiger partial charge on any atom is -0.395 e. The third-order valence-corrected chi connectivity index (χ3v) is 8.25. The molecule has 0 aliphatic carbocycles. The van der Waals surface area contributed by atoms with Crippen LogP contribution in [0.2, 0.25) is 0 Å². The number of benzene rings is 3. The van der Waals surface area contributed by atoms with Crippen LogP contribution < -0.4 is 10.6 Å². The lowest BCUT2D eigenvalue weighted by atomic mass is 9.90. The first-order valence-corrected chi connectivity index (χ1v) is 14.5. The molecular weight excluding hydrogens is 518 g/mol. The zero-order valence-electron chi connectivity index (χ0n) is 23.6. The van der Waals surface area contributed by atoms with Gasteiger partial charge in [0.2, 0.25) is 0 Å². The second-order valence-electron chi connectivity index (χ2n) is 11.1. The molecule has 5 atom stereocenters. The van der Waals surface area contributed by atoms with Crippen LogP contribution in [0.5, 0.6) is 0 Å². The molecule has 0 radical (unpaired) electrons. The summed E-state index contributed by atoms with van der Waals surface area (Å²) in [6, 6.07) is 25.6. The van der Waals surface area contributed by atoms with Gasteiger partial charge in [-0.2, -0.15) is 0 Å². The molecule has 8 nitrogen and oxygen atoms in total. The standard InChI is InChI=1S/C33H41N3O5/c1-23-30(20-36-17-5-8-29(36)22-38)40-32(41-31(23)27-13-11-26(21-37)12-14-27)28-15-9-25(10-16-28)19-35-33(39)34-18-24-6-3-2-4-7-24/h2-4,6-7,9-16,23,29-32,37-38H,5,8,17-22H2,1H3,(H2,34,35,39)/t23-,29-,30+,31+,32+/m0/s1. The van der Waals surface area contributed by atoms with Crippen molar-refractivity contribution < 1.29 is 24.5 Å². The van der Waals surface area contributed by atoms with Crippen LogP contribution in [-0.2, 0) is 29.2 Å². The van der Waals surface area contributed by atoms with E-state index in [4.69, 9.17) is 9.47 Å². The molecule has 3 aromatic rings. The van der Waals surface area contributed by atoms with E-state index in [1.807, 2.05) is 78.9 Å². The average Bonchev–Trinajstić information content (AvgIpc) is 3.48. The zero-order valence-corrected chi connectivity index (χ0v) is 23.6. The summed E-state index contributed by atoms with van der Waals surface area (Å²) >= 11 is 0. The summed E-state index contributed by atoms with van der Waals surface area (Å²) in [6.07, 6.45) is 1.26. The van der Waals surface area contributed by atoms with Gasteiger partial charge < -0.3 is 30.3 Å². The molecule has 0 spiro atoms. The Morgan fingerprint density at radius 2 is 1.49 bits per heavy atom. The van der Waals surface area contributed by atoms with Crippen molar-refractivity contribution in [3.8, 4) is 0 Å². The van der Waals surface area contributed by atoms with E-state index in [2.05, 4.69) is 22.5 Å². The second kappa shape index (κ2) is 14.1. The monoisotopic (exact) mass is 559 g/mol. The first-order valence-electron chi connectivity index (χ1n) is 14.5. The van der Waals surface area contributed by atoms with Crippen LogP contribution in [0.1, 0.15) is 60.0 Å². The van der Waals surface area contributed by atoms with Gasteiger partial charge in [-0.15, -0.1) is 0 Å². The summed E-state index contributed by atoms with van der Waals surface area (Å²) in [7, 11) is 0. The first kappa shape index (κ1) is 29.2. The lowest BCUT2D eigenvalue weighted by molar-refractivity contribution is -0.276. The molecule has 2 amide bonds. The van der Waals surface area contributed by atoms with E-state index in [-0.39, 0.29) is 43.4 Å². The lowest BCUT2D eigenvalue weighted by Gasteiger charge is -2.43. The lowest BCUT2D eigenvalue weighted by Crippen LogP contribution is -2.46. The maximum atomic E-state index is 12.3. The summed E-state index contributed by atoms with van der Waals surface area (Å²) in [4.78, 5) is 14.6. The van der Waals surface area contributed by atoms with E-state index >= 15 is 0 Å². The van der Waals surface area contributed by atoms with Crippen LogP contribution in [0.4, 0.5) is 4.79 Å². The molecule has 218 valence electrons. The Kier molecular flexibility index (Phi) is 10.0. The summed E-state index contributed by atoms with van der Waals surface area (Å²) in [5.41, 5.74) is 4.85. The first-order chi connectivity index (χ1) is 20.0. The second-order valence-corrected chi connectivity index (χ2v) is 11.1. The van der Waals surface area contributed by atoms with Crippen molar-refractivity contribution in [1.29, 1.82) is 0 Å². The van der Waals surface area contributed by atoms with Gasteiger partial charge in [0.05, 0.1) is 25.4 Å². The van der Waals surface area contributed by atoms with E-state index < -0.39 is 6.29 Å². The summed E-state index contributed by atoms with van der Waals surface area (Å²) < 4.78 is 13.2. The minimum atomic E-state index is -0.551. The maximum Gasteiger partial charge on any atom is 0.315 e. The van der Waals surface area contributed by atoms with Gasteiger partial charge >= 0.3 is 6.03 Å². The highest BCUT2D eigenvalue weighted by Gasteiger charge is 2.40. The molecule has 3 aromatic carbocycles. The third-order valence-electron chi connectivity index (χ3n) is 8.25. The Bertz CT molecular complexity index is 1240. The number of amides is 2. The van der Waals surface area contributed by atoms with Gasteiger partial charge in [0.15, 0.2) is 6.29 Å². The fourth-order valence-electron chi connectivity index (χ4n) is 5.72. The van der Waals surface area contributed by atoms with Crippen molar-refractivity contribution in [3.63, 3.8) is 0 Å². The maximum absolute atomic E-state index is 12.3. The molecule has 8 heteroatoms. The molecule has 2 saturated heterocycles. The van der Waals surface area contributed by atoms with Gasteiger partial charge in [0, 0.05) is 37.2 Å². The van der Waals surface area contributed by atoms with E-state index in [0.717, 1.165) is 53.7 Å². The predicted octanol–water partition coefficient (Wildman–Crippen LogP) is 4.43. The Hall–Kier alpha value is -3.27. The van der Waals surface area contributed by atoms with Crippen molar-refractivity contribution in [2.45, 2.75) is 64.0 Å². The zero-order chi connectivity index (χ0) is 28.6. The number of carbonyl (C=O) groups excluding carboxylic acids is 1. The molecule has 5 rings (SSSR count). The Balaban J connectivity index is 1.25. The molecule has 0 unspecified atom stereocenters.